The van der Waals surface area contributed by atoms with Crippen LogP contribution in [-0.2, 0) is 14.3 Å². The standard InChI is InChI=1S/C61H109NO5/c1-4-7-10-13-16-19-22-25-28-31-34-37-40-43-46-49-52-57(67-61(66)54-51-48-45-42-39-36-33-30-27-24-21-18-15-12-9-6-3)55-60(65)62-58(56-63)59(64)53-50-47-44-41-38-35-32-29-26-23-20-17-14-11-8-5-2/h9,12,18,21,27-28,30-31,34,36-37,39,57-59,63-64H,4-8,10-11,13-17,19-20,22-26,29,32-33,35,38,40-56H2,1-3H3,(H,62,65)/b12-9+,21-18+,30-27+,31-28+,37-34+,39-36+. The Morgan fingerprint density at radius 3 is 1.33 bits per heavy atom. The number of rotatable bonds is 51. The molecule has 0 aliphatic rings. The minimum atomic E-state index is -0.804. The Bertz CT molecular complexity index is 1230. The number of hydrogen-bond donors (Lipinski definition) is 3. The fourth-order valence-electron chi connectivity index (χ4n) is 8.47. The predicted octanol–water partition coefficient (Wildman–Crippen LogP) is 17.7. The number of amides is 1. The lowest BCUT2D eigenvalue weighted by Gasteiger charge is -2.24. The molecule has 3 atom stereocenters. The van der Waals surface area contributed by atoms with Crippen molar-refractivity contribution in [2.45, 2.75) is 296 Å². The molecule has 0 saturated carbocycles. The maximum absolute atomic E-state index is 13.3. The maximum Gasteiger partial charge on any atom is 0.306 e. The third-order valence-electron chi connectivity index (χ3n) is 12.8. The molecule has 0 fully saturated rings. The first kappa shape index (κ1) is 64.3. The number of aliphatic hydroxyl groups is 2. The minimum Gasteiger partial charge on any atom is -0.462 e. The molecule has 0 aromatic rings. The van der Waals surface area contributed by atoms with Crippen molar-refractivity contribution in [3.8, 4) is 0 Å². The van der Waals surface area contributed by atoms with Crippen molar-refractivity contribution >= 4 is 11.9 Å². The van der Waals surface area contributed by atoms with Crippen LogP contribution in [0.4, 0.5) is 0 Å². The van der Waals surface area contributed by atoms with E-state index >= 15 is 0 Å². The second-order valence-corrected chi connectivity index (χ2v) is 19.3. The van der Waals surface area contributed by atoms with Gasteiger partial charge in [0.25, 0.3) is 0 Å². The Labute approximate surface area is 415 Å². The first-order chi connectivity index (χ1) is 33.0. The van der Waals surface area contributed by atoms with Gasteiger partial charge in [-0.2, -0.15) is 0 Å². The SMILES string of the molecule is CC/C=C/C/C=C/C/C=C/C/C=C/CCCCCC(=O)OC(CCCCC/C=C/C=C/CCCCCCCCC)CC(=O)NC(CO)C(O)CCCCCCCCCCCCCCCCCC. The van der Waals surface area contributed by atoms with E-state index in [1.807, 2.05) is 0 Å². The molecule has 0 aromatic carbocycles. The molecule has 0 spiro atoms. The van der Waals surface area contributed by atoms with Gasteiger partial charge in [0.2, 0.25) is 5.91 Å². The summed E-state index contributed by atoms with van der Waals surface area (Å²) in [4.78, 5) is 26.3. The lowest BCUT2D eigenvalue weighted by atomic mass is 10.0. The van der Waals surface area contributed by atoms with E-state index in [0.717, 1.165) is 103 Å². The normalized spacial score (nSPS) is 13.7. The fraction of sp³-hybridized carbons (Fsp3) is 0.770. The van der Waals surface area contributed by atoms with Crippen LogP contribution >= 0.6 is 0 Å². The van der Waals surface area contributed by atoms with Crippen LogP contribution in [0.25, 0.3) is 0 Å². The maximum atomic E-state index is 13.3. The largest absolute Gasteiger partial charge is 0.462 e. The van der Waals surface area contributed by atoms with Crippen LogP contribution in [0.1, 0.15) is 278 Å². The van der Waals surface area contributed by atoms with E-state index in [9.17, 15) is 19.8 Å². The summed E-state index contributed by atoms with van der Waals surface area (Å²) in [5, 5.41) is 23.9. The smallest absolute Gasteiger partial charge is 0.306 e. The zero-order valence-corrected chi connectivity index (χ0v) is 44.3. The zero-order chi connectivity index (χ0) is 48.8. The average molecular weight is 937 g/mol. The summed E-state index contributed by atoms with van der Waals surface area (Å²) in [5.74, 6) is -0.533. The van der Waals surface area contributed by atoms with E-state index < -0.39 is 18.2 Å². The summed E-state index contributed by atoms with van der Waals surface area (Å²) >= 11 is 0. The molecule has 3 N–H and O–H groups in total. The Morgan fingerprint density at radius 1 is 0.463 bits per heavy atom. The summed E-state index contributed by atoms with van der Waals surface area (Å²) < 4.78 is 5.93. The fourth-order valence-corrected chi connectivity index (χ4v) is 8.47. The zero-order valence-electron chi connectivity index (χ0n) is 44.3. The van der Waals surface area contributed by atoms with E-state index in [0.29, 0.717) is 19.3 Å². The van der Waals surface area contributed by atoms with Gasteiger partial charge in [0.05, 0.1) is 25.2 Å². The summed E-state index contributed by atoms with van der Waals surface area (Å²) in [5.41, 5.74) is 0. The summed E-state index contributed by atoms with van der Waals surface area (Å²) in [7, 11) is 0. The highest BCUT2D eigenvalue weighted by molar-refractivity contribution is 5.77. The van der Waals surface area contributed by atoms with E-state index in [4.69, 9.17) is 4.74 Å². The molecule has 0 heterocycles. The van der Waals surface area contributed by atoms with Crippen LogP contribution in [0.5, 0.6) is 0 Å². The number of carbonyl (C=O) groups excluding carboxylic acids is 2. The van der Waals surface area contributed by atoms with Crippen molar-refractivity contribution < 1.29 is 24.5 Å². The molecule has 0 rings (SSSR count). The van der Waals surface area contributed by atoms with Gasteiger partial charge < -0.3 is 20.3 Å². The molecule has 0 saturated heterocycles. The molecule has 0 aliphatic heterocycles. The van der Waals surface area contributed by atoms with Crippen LogP contribution in [0, 0.1) is 0 Å². The molecule has 1 amide bonds. The number of carbonyl (C=O) groups is 2. The Morgan fingerprint density at radius 2 is 0.851 bits per heavy atom. The number of aliphatic hydroxyl groups excluding tert-OH is 2. The van der Waals surface area contributed by atoms with Gasteiger partial charge in [0.15, 0.2) is 0 Å². The molecular formula is C61H109NO5. The lowest BCUT2D eigenvalue weighted by molar-refractivity contribution is -0.151. The van der Waals surface area contributed by atoms with Crippen molar-refractivity contribution in [1.29, 1.82) is 0 Å². The second kappa shape index (κ2) is 54.2. The van der Waals surface area contributed by atoms with Gasteiger partial charge in [0.1, 0.15) is 6.10 Å². The van der Waals surface area contributed by atoms with Crippen LogP contribution in [-0.4, -0.2) is 46.9 Å². The van der Waals surface area contributed by atoms with Crippen LogP contribution < -0.4 is 5.32 Å². The van der Waals surface area contributed by atoms with Crippen molar-refractivity contribution in [3.63, 3.8) is 0 Å². The Kier molecular flexibility index (Phi) is 52.1. The molecule has 6 nitrogen and oxygen atoms in total. The van der Waals surface area contributed by atoms with Crippen LogP contribution in [0.3, 0.4) is 0 Å². The molecule has 0 bridgehead atoms. The van der Waals surface area contributed by atoms with E-state index in [2.05, 4.69) is 99.0 Å². The molecule has 67 heavy (non-hydrogen) atoms. The lowest BCUT2D eigenvalue weighted by Crippen LogP contribution is -2.46. The summed E-state index contributed by atoms with van der Waals surface area (Å²) in [6, 6.07) is -0.721. The number of allylic oxidation sites excluding steroid dienone is 12. The number of unbranched alkanes of at least 4 members (excludes halogenated alkanes) is 28. The number of hydrogen-bond acceptors (Lipinski definition) is 5. The number of esters is 1. The van der Waals surface area contributed by atoms with Gasteiger partial charge in [-0.15, -0.1) is 0 Å². The molecule has 0 aliphatic carbocycles. The number of ether oxygens (including phenoxy) is 1. The van der Waals surface area contributed by atoms with E-state index in [1.54, 1.807) is 0 Å². The first-order valence-corrected chi connectivity index (χ1v) is 28.7. The average Bonchev–Trinajstić information content (AvgIpc) is 3.32. The highest BCUT2D eigenvalue weighted by atomic mass is 16.5. The Hall–Kier alpha value is -2.70. The van der Waals surface area contributed by atoms with E-state index in [-0.39, 0.29) is 24.9 Å². The second-order valence-electron chi connectivity index (χ2n) is 19.3. The number of nitrogens with one attached hydrogen (secondary N) is 1. The molecule has 6 heteroatoms. The van der Waals surface area contributed by atoms with Gasteiger partial charge in [0, 0.05) is 6.42 Å². The van der Waals surface area contributed by atoms with E-state index in [1.165, 1.54) is 128 Å². The third-order valence-corrected chi connectivity index (χ3v) is 12.8. The van der Waals surface area contributed by atoms with Gasteiger partial charge >= 0.3 is 5.97 Å². The van der Waals surface area contributed by atoms with Gasteiger partial charge in [-0.25, -0.2) is 0 Å². The quantitative estimate of drug-likeness (QED) is 0.0244. The summed E-state index contributed by atoms with van der Waals surface area (Å²) in [6.07, 6.45) is 69.6. The molecular weight excluding hydrogens is 827 g/mol. The predicted molar refractivity (Wildman–Crippen MR) is 291 cm³/mol. The highest BCUT2D eigenvalue weighted by Gasteiger charge is 2.24. The van der Waals surface area contributed by atoms with Gasteiger partial charge in [-0.3, -0.25) is 9.59 Å². The van der Waals surface area contributed by atoms with Gasteiger partial charge in [-0.05, 0) is 89.9 Å². The van der Waals surface area contributed by atoms with Crippen LogP contribution in [0.15, 0.2) is 72.9 Å². The molecule has 3 unspecified atom stereocenters. The molecule has 388 valence electrons. The minimum absolute atomic E-state index is 0.0449. The molecule has 0 radical (unpaired) electrons. The molecule has 0 aromatic heterocycles. The van der Waals surface area contributed by atoms with Crippen molar-refractivity contribution in [2.24, 2.45) is 0 Å². The van der Waals surface area contributed by atoms with Gasteiger partial charge in [-0.1, -0.05) is 248 Å². The monoisotopic (exact) mass is 936 g/mol. The topological polar surface area (TPSA) is 95.9 Å². The summed E-state index contributed by atoms with van der Waals surface area (Å²) in [6.45, 7) is 6.37. The van der Waals surface area contributed by atoms with Crippen molar-refractivity contribution in [2.75, 3.05) is 6.61 Å². The Balaban J connectivity index is 4.65. The van der Waals surface area contributed by atoms with Crippen molar-refractivity contribution in [1.82, 2.24) is 5.32 Å². The van der Waals surface area contributed by atoms with Crippen LogP contribution in [0.2, 0.25) is 0 Å². The third kappa shape index (κ3) is 49.5. The van der Waals surface area contributed by atoms with Crippen molar-refractivity contribution in [3.05, 3.63) is 72.9 Å². The first-order valence-electron chi connectivity index (χ1n) is 28.7. The highest BCUT2D eigenvalue weighted by Crippen LogP contribution is 2.18.